The summed E-state index contributed by atoms with van der Waals surface area (Å²) in [6.45, 7) is 2.86. The molecule has 0 bridgehead atoms. The Labute approximate surface area is 113 Å². The summed E-state index contributed by atoms with van der Waals surface area (Å²) in [7, 11) is 0. The summed E-state index contributed by atoms with van der Waals surface area (Å²) in [5.41, 5.74) is 1.66. The first-order valence-corrected chi connectivity index (χ1v) is 7.68. The van der Waals surface area contributed by atoms with Gasteiger partial charge in [0.15, 0.2) is 0 Å². The number of hydrogen-bond donors (Lipinski definition) is 2. The highest BCUT2D eigenvalue weighted by Crippen LogP contribution is 2.19. The Balaban J connectivity index is 2.03. The van der Waals surface area contributed by atoms with Crippen LogP contribution in [0, 0.1) is 0 Å². The Morgan fingerprint density at radius 2 is 2.28 bits per heavy atom. The molecule has 18 heavy (non-hydrogen) atoms. The molecule has 1 aliphatic rings. The molecule has 98 valence electrons. The summed E-state index contributed by atoms with van der Waals surface area (Å²) < 4.78 is 0. The number of anilines is 1. The normalized spacial score (nSPS) is 19.3. The van der Waals surface area contributed by atoms with Crippen molar-refractivity contribution in [1.29, 1.82) is 0 Å². The molecule has 1 aromatic rings. The van der Waals surface area contributed by atoms with Crippen LogP contribution in [0.4, 0.5) is 5.69 Å². The van der Waals surface area contributed by atoms with Crippen molar-refractivity contribution in [2.24, 2.45) is 0 Å². The van der Waals surface area contributed by atoms with E-state index in [-0.39, 0.29) is 5.91 Å². The van der Waals surface area contributed by atoms with Crippen LogP contribution in [0.25, 0.3) is 0 Å². The zero-order valence-electron chi connectivity index (χ0n) is 10.7. The average Bonchev–Trinajstić information content (AvgIpc) is 2.41. The fourth-order valence-corrected chi connectivity index (χ4v) is 3.22. The Bertz CT molecular complexity index is 403. The Kier molecular flexibility index (Phi) is 4.93. The van der Waals surface area contributed by atoms with E-state index in [1.807, 2.05) is 43.0 Å². The molecule has 1 saturated heterocycles. The van der Waals surface area contributed by atoms with Crippen LogP contribution in [0.3, 0.4) is 0 Å². The van der Waals surface area contributed by atoms with Crippen molar-refractivity contribution in [2.75, 3.05) is 23.4 Å². The van der Waals surface area contributed by atoms with E-state index in [9.17, 15) is 4.79 Å². The van der Waals surface area contributed by atoms with Crippen molar-refractivity contribution in [1.82, 2.24) is 5.32 Å². The highest BCUT2D eigenvalue weighted by atomic mass is 32.2. The highest BCUT2D eigenvalue weighted by molar-refractivity contribution is 7.99. The van der Waals surface area contributed by atoms with E-state index in [4.69, 9.17) is 0 Å². The lowest BCUT2D eigenvalue weighted by Crippen LogP contribution is -2.38. The van der Waals surface area contributed by atoms with E-state index in [0.29, 0.717) is 6.04 Å². The maximum atomic E-state index is 12.2. The predicted molar refractivity (Wildman–Crippen MR) is 78.4 cm³/mol. The zero-order chi connectivity index (χ0) is 12.8. The molecule has 1 aliphatic heterocycles. The second-order valence-corrected chi connectivity index (χ2v) is 5.61. The van der Waals surface area contributed by atoms with Crippen LogP contribution in [0.15, 0.2) is 24.3 Å². The Hall–Kier alpha value is -1.16. The maximum absolute atomic E-state index is 12.2. The molecule has 0 radical (unpaired) electrons. The van der Waals surface area contributed by atoms with Crippen molar-refractivity contribution >= 4 is 23.4 Å². The third-order valence-corrected chi connectivity index (χ3v) is 4.25. The molecular formula is C14H20N2OS. The summed E-state index contributed by atoms with van der Waals surface area (Å²) in [6, 6.07) is 8.01. The van der Waals surface area contributed by atoms with E-state index in [1.54, 1.807) is 0 Å². The number of thioether (sulfide) groups is 1. The Morgan fingerprint density at radius 1 is 1.44 bits per heavy atom. The minimum absolute atomic E-state index is 0.0408. The van der Waals surface area contributed by atoms with Gasteiger partial charge >= 0.3 is 0 Å². The molecule has 0 aliphatic carbocycles. The van der Waals surface area contributed by atoms with Crippen LogP contribution in [0.2, 0.25) is 0 Å². The van der Waals surface area contributed by atoms with Gasteiger partial charge in [-0.3, -0.25) is 4.79 Å². The molecule has 1 aromatic carbocycles. The van der Waals surface area contributed by atoms with E-state index in [0.717, 1.165) is 30.0 Å². The number of hydrogen-bond acceptors (Lipinski definition) is 3. The summed E-state index contributed by atoms with van der Waals surface area (Å²) in [6.07, 6.45) is 2.30. The number of nitrogens with one attached hydrogen (secondary N) is 2. The zero-order valence-corrected chi connectivity index (χ0v) is 11.6. The maximum Gasteiger partial charge on any atom is 0.253 e. The molecule has 1 amide bonds. The third kappa shape index (κ3) is 3.42. The number of amides is 1. The quantitative estimate of drug-likeness (QED) is 0.878. The summed E-state index contributed by atoms with van der Waals surface area (Å²) in [4.78, 5) is 12.2. The number of carbonyl (C=O) groups excluding carboxylic acids is 1. The molecule has 1 heterocycles. The first kappa shape index (κ1) is 13.3. The molecule has 4 heteroatoms. The summed E-state index contributed by atoms with van der Waals surface area (Å²) in [5, 5.41) is 6.36. The minimum Gasteiger partial charge on any atom is -0.385 e. The first-order valence-electron chi connectivity index (χ1n) is 6.52. The van der Waals surface area contributed by atoms with Gasteiger partial charge in [0, 0.05) is 24.0 Å². The van der Waals surface area contributed by atoms with E-state index < -0.39 is 0 Å². The molecule has 0 aromatic heterocycles. The molecule has 1 atom stereocenters. The van der Waals surface area contributed by atoms with Gasteiger partial charge in [0.25, 0.3) is 5.91 Å². The second kappa shape index (κ2) is 6.69. The van der Waals surface area contributed by atoms with Gasteiger partial charge in [-0.05, 0) is 37.7 Å². The highest BCUT2D eigenvalue weighted by Gasteiger charge is 2.18. The Morgan fingerprint density at radius 3 is 3.00 bits per heavy atom. The first-order chi connectivity index (χ1) is 8.81. The third-order valence-electron chi connectivity index (χ3n) is 3.03. The number of rotatable bonds is 4. The van der Waals surface area contributed by atoms with Crippen molar-refractivity contribution < 1.29 is 4.79 Å². The van der Waals surface area contributed by atoms with Gasteiger partial charge < -0.3 is 10.6 Å². The number of carbonyl (C=O) groups is 1. The SMILES string of the molecule is CCNc1ccccc1C(=O)NC1CCCSC1. The molecule has 2 rings (SSSR count). The van der Waals surface area contributed by atoms with Crippen LogP contribution in [0.5, 0.6) is 0 Å². The largest absolute Gasteiger partial charge is 0.385 e. The molecule has 2 N–H and O–H groups in total. The van der Waals surface area contributed by atoms with E-state index in [2.05, 4.69) is 10.6 Å². The fourth-order valence-electron chi connectivity index (χ4n) is 2.14. The summed E-state index contributed by atoms with van der Waals surface area (Å²) >= 11 is 1.92. The fraction of sp³-hybridized carbons (Fsp3) is 0.500. The minimum atomic E-state index is 0.0408. The van der Waals surface area contributed by atoms with Crippen molar-refractivity contribution in [3.63, 3.8) is 0 Å². The van der Waals surface area contributed by atoms with Gasteiger partial charge in [0.2, 0.25) is 0 Å². The van der Waals surface area contributed by atoms with Crippen LogP contribution < -0.4 is 10.6 Å². The van der Waals surface area contributed by atoms with Gasteiger partial charge in [-0.15, -0.1) is 0 Å². The predicted octanol–water partition coefficient (Wildman–Crippen LogP) is 2.74. The standard InChI is InChI=1S/C14H20N2OS/c1-2-15-13-8-4-3-7-12(13)14(17)16-11-6-5-9-18-10-11/h3-4,7-8,11,15H,2,5-6,9-10H2,1H3,(H,16,17). The lowest BCUT2D eigenvalue weighted by atomic mass is 10.1. The molecule has 1 fully saturated rings. The van der Waals surface area contributed by atoms with Crippen LogP contribution in [-0.2, 0) is 0 Å². The molecule has 0 saturated carbocycles. The van der Waals surface area contributed by atoms with Crippen LogP contribution in [-0.4, -0.2) is 30.0 Å². The number of para-hydroxylation sites is 1. The van der Waals surface area contributed by atoms with Crippen molar-refractivity contribution in [2.45, 2.75) is 25.8 Å². The second-order valence-electron chi connectivity index (χ2n) is 4.46. The monoisotopic (exact) mass is 264 g/mol. The van der Waals surface area contributed by atoms with Crippen LogP contribution in [0.1, 0.15) is 30.1 Å². The van der Waals surface area contributed by atoms with Gasteiger partial charge in [-0.1, -0.05) is 12.1 Å². The average molecular weight is 264 g/mol. The molecule has 0 spiro atoms. The lowest BCUT2D eigenvalue weighted by molar-refractivity contribution is 0.0939. The molecule has 1 unspecified atom stereocenters. The topological polar surface area (TPSA) is 41.1 Å². The van der Waals surface area contributed by atoms with Crippen molar-refractivity contribution in [3.05, 3.63) is 29.8 Å². The van der Waals surface area contributed by atoms with Gasteiger partial charge in [-0.25, -0.2) is 0 Å². The van der Waals surface area contributed by atoms with Gasteiger partial charge in [0.05, 0.1) is 5.56 Å². The summed E-state index contributed by atoms with van der Waals surface area (Å²) in [5.74, 6) is 2.30. The molecule has 3 nitrogen and oxygen atoms in total. The van der Waals surface area contributed by atoms with E-state index in [1.165, 1.54) is 12.2 Å². The number of benzene rings is 1. The van der Waals surface area contributed by atoms with Crippen LogP contribution >= 0.6 is 11.8 Å². The molecular weight excluding hydrogens is 244 g/mol. The van der Waals surface area contributed by atoms with Gasteiger partial charge in [0.1, 0.15) is 0 Å². The van der Waals surface area contributed by atoms with E-state index >= 15 is 0 Å². The smallest absolute Gasteiger partial charge is 0.253 e. The van der Waals surface area contributed by atoms with Crippen molar-refractivity contribution in [3.8, 4) is 0 Å². The lowest BCUT2D eigenvalue weighted by Gasteiger charge is -2.23. The van der Waals surface area contributed by atoms with Gasteiger partial charge in [-0.2, -0.15) is 11.8 Å².